The summed E-state index contributed by atoms with van der Waals surface area (Å²) >= 11 is 0. The van der Waals surface area contributed by atoms with Gasteiger partial charge < -0.3 is 10.2 Å². The molecule has 2 aromatic rings. The minimum absolute atomic E-state index is 0.0822. The summed E-state index contributed by atoms with van der Waals surface area (Å²) in [5, 5.41) is 19.4. The van der Waals surface area contributed by atoms with Gasteiger partial charge in [0.1, 0.15) is 0 Å². The number of allylic oxidation sites excluding steroid dienone is 1. The Labute approximate surface area is 100 Å². The number of hydrogen-bond donors (Lipinski definition) is 2. The van der Waals surface area contributed by atoms with Crippen LogP contribution in [-0.4, -0.2) is 10.2 Å². The average molecular weight is 226 g/mol. The Morgan fingerprint density at radius 3 is 2.29 bits per heavy atom. The molecule has 0 saturated heterocycles. The fourth-order valence-electron chi connectivity index (χ4n) is 1.90. The van der Waals surface area contributed by atoms with Crippen molar-refractivity contribution in [2.75, 3.05) is 0 Å². The Kier molecular flexibility index (Phi) is 3.15. The molecule has 86 valence electrons. The van der Waals surface area contributed by atoms with Crippen LogP contribution in [0.15, 0.2) is 61.2 Å². The van der Waals surface area contributed by atoms with Crippen molar-refractivity contribution in [1.29, 1.82) is 0 Å². The van der Waals surface area contributed by atoms with Crippen molar-refractivity contribution in [3.8, 4) is 11.5 Å². The van der Waals surface area contributed by atoms with Gasteiger partial charge in [-0.25, -0.2) is 0 Å². The Hall–Kier alpha value is -2.22. The smallest absolute Gasteiger partial charge is 0.161 e. The van der Waals surface area contributed by atoms with Gasteiger partial charge in [0.05, 0.1) is 0 Å². The first-order chi connectivity index (χ1) is 8.24. The number of hydrogen-bond acceptors (Lipinski definition) is 2. The molecular formula is C15H14O2. The number of benzene rings is 2. The molecular weight excluding hydrogens is 212 g/mol. The zero-order valence-electron chi connectivity index (χ0n) is 9.38. The van der Waals surface area contributed by atoms with Crippen LogP contribution in [-0.2, 0) is 0 Å². The summed E-state index contributed by atoms with van der Waals surface area (Å²) < 4.78 is 0. The highest BCUT2D eigenvalue weighted by Crippen LogP contribution is 2.37. The third kappa shape index (κ3) is 2.16. The lowest BCUT2D eigenvalue weighted by atomic mass is 9.90. The van der Waals surface area contributed by atoms with Crippen molar-refractivity contribution in [3.05, 3.63) is 72.3 Å². The number of aromatic hydroxyl groups is 2. The third-order valence-electron chi connectivity index (χ3n) is 2.78. The molecule has 2 N–H and O–H groups in total. The minimum atomic E-state index is -0.122. The third-order valence-corrected chi connectivity index (χ3v) is 2.78. The Morgan fingerprint density at radius 2 is 1.65 bits per heavy atom. The van der Waals surface area contributed by atoms with Crippen LogP contribution in [0.4, 0.5) is 0 Å². The van der Waals surface area contributed by atoms with E-state index < -0.39 is 0 Å². The highest BCUT2D eigenvalue weighted by molar-refractivity contribution is 5.50. The van der Waals surface area contributed by atoms with Crippen molar-refractivity contribution in [2.45, 2.75) is 5.92 Å². The highest BCUT2D eigenvalue weighted by Gasteiger charge is 2.15. The largest absolute Gasteiger partial charge is 0.504 e. The van der Waals surface area contributed by atoms with Gasteiger partial charge in [-0.15, -0.1) is 6.58 Å². The van der Waals surface area contributed by atoms with E-state index in [9.17, 15) is 10.2 Å². The monoisotopic (exact) mass is 226 g/mol. The van der Waals surface area contributed by atoms with E-state index in [4.69, 9.17) is 0 Å². The summed E-state index contributed by atoms with van der Waals surface area (Å²) in [6.45, 7) is 3.79. The Bertz CT molecular complexity index is 518. The van der Waals surface area contributed by atoms with Crippen LogP contribution < -0.4 is 0 Å². The molecule has 0 aromatic heterocycles. The number of phenols is 2. The summed E-state index contributed by atoms with van der Waals surface area (Å²) in [7, 11) is 0. The molecule has 0 saturated carbocycles. The van der Waals surface area contributed by atoms with E-state index in [0.29, 0.717) is 5.56 Å². The number of rotatable bonds is 3. The van der Waals surface area contributed by atoms with Crippen molar-refractivity contribution < 1.29 is 10.2 Å². The predicted octanol–water partition coefficient (Wildman–Crippen LogP) is 3.42. The molecule has 1 unspecified atom stereocenters. The van der Waals surface area contributed by atoms with E-state index in [1.54, 1.807) is 18.2 Å². The van der Waals surface area contributed by atoms with Gasteiger partial charge in [0.25, 0.3) is 0 Å². The van der Waals surface area contributed by atoms with E-state index in [-0.39, 0.29) is 17.4 Å². The molecule has 2 aromatic carbocycles. The molecule has 0 aliphatic rings. The van der Waals surface area contributed by atoms with Crippen molar-refractivity contribution in [3.63, 3.8) is 0 Å². The fourth-order valence-corrected chi connectivity index (χ4v) is 1.90. The van der Waals surface area contributed by atoms with Gasteiger partial charge in [-0.05, 0) is 11.6 Å². The van der Waals surface area contributed by atoms with Crippen molar-refractivity contribution in [2.24, 2.45) is 0 Å². The maximum absolute atomic E-state index is 9.86. The minimum Gasteiger partial charge on any atom is -0.504 e. The molecule has 2 rings (SSSR count). The van der Waals surface area contributed by atoms with Gasteiger partial charge in [-0.3, -0.25) is 0 Å². The first kappa shape index (κ1) is 11.3. The van der Waals surface area contributed by atoms with Gasteiger partial charge in [0.15, 0.2) is 11.5 Å². The van der Waals surface area contributed by atoms with Crippen molar-refractivity contribution in [1.82, 2.24) is 0 Å². The molecule has 0 spiro atoms. The van der Waals surface area contributed by atoms with Gasteiger partial charge >= 0.3 is 0 Å². The molecule has 0 amide bonds. The molecule has 0 heterocycles. The summed E-state index contributed by atoms with van der Waals surface area (Å²) in [4.78, 5) is 0. The molecule has 0 aliphatic carbocycles. The summed E-state index contributed by atoms with van der Waals surface area (Å²) in [5.41, 5.74) is 1.69. The lowest BCUT2D eigenvalue weighted by Gasteiger charge is -2.15. The fraction of sp³-hybridized carbons (Fsp3) is 0.0667. The first-order valence-corrected chi connectivity index (χ1v) is 5.42. The zero-order valence-corrected chi connectivity index (χ0v) is 9.38. The Balaban J connectivity index is 2.50. The van der Waals surface area contributed by atoms with E-state index in [0.717, 1.165) is 5.56 Å². The van der Waals surface area contributed by atoms with Crippen LogP contribution in [0.3, 0.4) is 0 Å². The van der Waals surface area contributed by atoms with Crippen LogP contribution in [0.2, 0.25) is 0 Å². The van der Waals surface area contributed by atoms with Gasteiger partial charge in [-0.2, -0.15) is 0 Å². The molecule has 0 radical (unpaired) electrons. The van der Waals surface area contributed by atoms with E-state index >= 15 is 0 Å². The van der Waals surface area contributed by atoms with Crippen molar-refractivity contribution >= 4 is 0 Å². The Morgan fingerprint density at radius 1 is 0.941 bits per heavy atom. The van der Waals surface area contributed by atoms with Crippen LogP contribution in [0.5, 0.6) is 11.5 Å². The first-order valence-electron chi connectivity index (χ1n) is 5.42. The van der Waals surface area contributed by atoms with Crippen LogP contribution in [0, 0.1) is 0 Å². The maximum atomic E-state index is 9.86. The zero-order chi connectivity index (χ0) is 12.3. The van der Waals surface area contributed by atoms with Crippen LogP contribution >= 0.6 is 0 Å². The quantitative estimate of drug-likeness (QED) is 0.622. The summed E-state index contributed by atoms with van der Waals surface area (Å²) in [6, 6.07) is 14.7. The van der Waals surface area contributed by atoms with E-state index in [1.807, 2.05) is 30.3 Å². The van der Waals surface area contributed by atoms with Gasteiger partial charge in [-0.1, -0.05) is 48.5 Å². The number of para-hydroxylation sites is 1. The SMILES string of the molecule is C=CC(c1ccccc1)c1cccc(O)c1O. The lowest BCUT2D eigenvalue weighted by Crippen LogP contribution is -1.97. The van der Waals surface area contributed by atoms with Crippen LogP contribution in [0.1, 0.15) is 17.0 Å². The average Bonchev–Trinajstić information content (AvgIpc) is 2.37. The number of phenolic OH excluding ortho intramolecular Hbond substituents is 2. The lowest BCUT2D eigenvalue weighted by molar-refractivity contribution is 0.399. The normalized spacial score (nSPS) is 12.0. The standard InChI is InChI=1S/C15H14O2/c1-2-12(11-7-4-3-5-8-11)13-9-6-10-14(16)15(13)17/h2-10,12,16-17H,1H2. The predicted molar refractivity (Wildman–Crippen MR) is 68.3 cm³/mol. The molecule has 1 atom stereocenters. The van der Waals surface area contributed by atoms with E-state index in [2.05, 4.69) is 6.58 Å². The second-order valence-electron chi connectivity index (χ2n) is 3.84. The van der Waals surface area contributed by atoms with Gasteiger partial charge in [0.2, 0.25) is 0 Å². The second kappa shape index (κ2) is 4.74. The van der Waals surface area contributed by atoms with E-state index in [1.165, 1.54) is 6.07 Å². The maximum Gasteiger partial charge on any atom is 0.161 e. The molecule has 0 bridgehead atoms. The second-order valence-corrected chi connectivity index (χ2v) is 3.84. The molecule has 0 fully saturated rings. The summed E-state index contributed by atoms with van der Waals surface area (Å²) in [5.74, 6) is -0.310. The van der Waals surface area contributed by atoms with Gasteiger partial charge in [0, 0.05) is 11.5 Å². The topological polar surface area (TPSA) is 40.5 Å². The summed E-state index contributed by atoms with van der Waals surface area (Å²) in [6.07, 6.45) is 1.75. The molecule has 2 nitrogen and oxygen atoms in total. The van der Waals surface area contributed by atoms with Crippen LogP contribution in [0.25, 0.3) is 0 Å². The molecule has 17 heavy (non-hydrogen) atoms. The molecule has 0 aliphatic heterocycles. The molecule has 2 heteroatoms. The highest BCUT2D eigenvalue weighted by atomic mass is 16.3.